The molecule has 4 rings (SSSR count). The topological polar surface area (TPSA) is 75.2 Å². The second kappa shape index (κ2) is 7.11. The SMILES string of the molecule is O=C(Nc1cccc(F)c1)c1nnc(C2CCCN(C(=O)C3CC3)C2)s1. The van der Waals surface area contributed by atoms with Gasteiger partial charge in [0.1, 0.15) is 10.8 Å². The molecule has 1 aliphatic carbocycles. The van der Waals surface area contributed by atoms with Crippen molar-refractivity contribution < 1.29 is 14.0 Å². The van der Waals surface area contributed by atoms with E-state index in [1.165, 1.54) is 29.5 Å². The highest BCUT2D eigenvalue weighted by molar-refractivity contribution is 7.13. The molecule has 1 aromatic carbocycles. The Morgan fingerprint density at radius 1 is 1.23 bits per heavy atom. The molecular formula is C18H19FN4O2S. The average molecular weight is 374 g/mol. The third kappa shape index (κ3) is 3.75. The Hall–Kier alpha value is -2.35. The number of nitrogens with one attached hydrogen (secondary N) is 1. The van der Waals surface area contributed by atoms with Gasteiger partial charge in [0.2, 0.25) is 10.9 Å². The van der Waals surface area contributed by atoms with E-state index in [1.54, 1.807) is 6.07 Å². The highest BCUT2D eigenvalue weighted by atomic mass is 32.1. The van der Waals surface area contributed by atoms with Crippen molar-refractivity contribution in [3.8, 4) is 0 Å². The Bertz CT molecular complexity index is 836. The van der Waals surface area contributed by atoms with Crippen LogP contribution in [0.1, 0.15) is 46.4 Å². The quantitative estimate of drug-likeness (QED) is 0.893. The predicted octanol–water partition coefficient (Wildman–Crippen LogP) is 3.05. The Balaban J connectivity index is 1.42. The molecule has 8 heteroatoms. The molecule has 26 heavy (non-hydrogen) atoms. The van der Waals surface area contributed by atoms with Crippen molar-refractivity contribution >= 4 is 28.8 Å². The first-order chi connectivity index (χ1) is 12.6. The second-order valence-corrected chi connectivity index (χ2v) is 7.82. The minimum Gasteiger partial charge on any atom is -0.342 e. The summed E-state index contributed by atoms with van der Waals surface area (Å²) in [7, 11) is 0. The van der Waals surface area contributed by atoms with Gasteiger partial charge in [-0.05, 0) is 43.9 Å². The van der Waals surface area contributed by atoms with Gasteiger partial charge < -0.3 is 10.2 Å². The zero-order valence-corrected chi connectivity index (χ0v) is 15.0. The van der Waals surface area contributed by atoms with Crippen LogP contribution in [0.15, 0.2) is 24.3 Å². The van der Waals surface area contributed by atoms with Crippen molar-refractivity contribution in [2.75, 3.05) is 18.4 Å². The molecule has 2 aromatic rings. The molecule has 0 radical (unpaired) electrons. The lowest BCUT2D eigenvalue weighted by Gasteiger charge is -2.31. The van der Waals surface area contributed by atoms with E-state index in [1.807, 2.05) is 4.90 Å². The fraction of sp³-hybridized carbons (Fsp3) is 0.444. The van der Waals surface area contributed by atoms with Crippen LogP contribution in [0.3, 0.4) is 0 Å². The number of piperidine rings is 1. The fourth-order valence-electron chi connectivity index (χ4n) is 3.21. The van der Waals surface area contributed by atoms with Crippen LogP contribution in [0.4, 0.5) is 10.1 Å². The molecule has 1 unspecified atom stereocenters. The van der Waals surface area contributed by atoms with E-state index in [0.717, 1.165) is 37.2 Å². The highest BCUT2D eigenvalue weighted by Crippen LogP contribution is 2.35. The molecule has 1 N–H and O–H groups in total. The lowest BCUT2D eigenvalue weighted by atomic mass is 9.98. The lowest BCUT2D eigenvalue weighted by Crippen LogP contribution is -2.39. The van der Waals surface area contributed by atoms with Gasteiger partial charge in [-0.2, -0.15) is 0 Å². The first-order valence-electron chi connectivity index (χ1n) is 8.79. The van der Waals surface area contributed by atoms with E-state index in [2.05, 4.69) is 15.5 Å². The number of benzene rings is 1. The van der Waals surface area contributed by atoms with Crippen molar-refractivity contribution in [1.29, 1.82) is 0 Å². The Morgan fingerprint density at radius 2 is 2.08 bits per heavy atom. The van der Waals surface area contributed by atoms with Gasteiger partial charge in [-0.25, -0.2) is 4.39 Å². The predicted molar refractivity (Wildman–Crippen MR) is 95.5 cm³/mol. The lowest BCUT2D eigenvalue weighted by molar-refractivity contribution is -0.133. The van der Waals surface area contributed by atoms with Crippen molar-refractivity contribution in [3.63, 3.8) is 0 Å². The van der Waals surface area contributed by atoms with Crippen molar-refractivity contribution in [2.45, 2.75) is 31.6 Å². The standard InChI is InChI=1S/C18H19FN4O2S/c19-13-4-1-5-14(9-13)20-15(24)17-22-21-16(26-17)12-3-2-8-23(10-12)18(25)11-6-7-11/h1,4-5,9,11-12H,2-3,6-8,10H2,(H,20,24). The van der Waals surface area contributed by atoms with Gasteiger partial charge in [0.15, 0.2) is 0 Å². The molecule has 1 aliphatic heterocycles. The summed E-state index contributed by atoms with van der Waals surface area (Å²) in [5, 5.41) is 11.8. The number of nitrogens with zero attached hydrogens (tertiary/aromatic N) is 3. The van der Waals surface area contributed by atoms with E-state index >= 15 is 0 Å². The number of carbonyl (C=O) groups is 2. The van der Waals surface area contributed by atoms with Gasteiger partial charge >= 0.3 is 0 Å². The number of likely N-dealkylation sites (tertiary alicyclic amines) is 1. The molecule has 1 aromatic heterocycles. The van der Waals surface area contributed by atoms with Gasteiger partial charge in [0.25, 0.3) is 5.91 Å². The zero-order valence-electron chi connectivity index (χ0n) is 14.2. The third-order valence-electron chi connectivity index (χ3n) is 4.73. The van der Waals surface area contributed by atoms with Crippen LogP contribution in [0.2, 0.25) is 0 Å². The van der Waals surface area contributed by atoms with Crippen molar-refractivity contribution in [1.82, 2.24) is 15.1 Å². The summed E-state index contributed by atoms with van der Waals surface area (Å²) in [6.45, 7) is 1.45. The number of aromatic nitrogens is 2. The molecule has 2 aliphatic rings. The van der Waals surface area contributed by atoms with Gasteiger partial charge in [-0.3, -0.25) is 9.59 Å². The molecule has 0 bridgehead atoms. The maximum absolute atomic E-state index is 13.2. The summed E-state index contributed by atoms with van der Waals surface area (Å²) in [5.74, 6) is -0.219. The van der Waals surface area contributed by atoms with Crippen LogP contribution in [0.25, 0.3) is 0 Å². The van der Waals surface area contributed by atoms with Crippen molar-refractivity contribution in [3.05, 3.63) is 40.1 Å². The van der Waals surface area contributed by atoms with Crippen LogP contribution in [-0.2, 0) is 4.79 Å². The van der Waals surface area contributed by atoms with E-state index in [4.69, 9.17) is 0 Å². The van der Waals surface area contributed by atoms with Crippen LogP contribution in [-0.4, -0.2) is 40.0 Å². The zero-order chi connectivity index (χ0) is 18.1. The summed E-state index contributed by atoms with van der Waals surface area (Å²) in [6, 6.07) is 5.72. The molecule has 2 amide bonds. The molecule has 1 saturated heterocycles. The normalized spacial score (nSPS) is 20.0. The minimum absolute atomic E-state index is 0.125. The van der Waals surface area contributed by atoms with Gasteiger partial charge in [-0.15, -0.1) is 10.2 Å². The van der Waals surface area contributed by atoms with Gasteiger partial charge in [0, 0.05) is 30.6 Å². The number of hydrogen-bond acceptors (Lipinski definition) is 5. The summed E-state index contributed by atoms with van der Waals surface area (Å²) in [4.78, 5) is 26.5. The van der Waals surface area contributed by atoms with Crippen LogP contribution in [0.5, 0.6) is 0 Å². The highest BCUT2D eigenvalue weighted by Gasteiger charge is 2.36. The first-order valence-corrected chi connectivity index (χ1v) is 9.61. The summed E-state index contributed by atoms with van der Waals surface area (Å²) in [5.41, 5.74) is 0.380. The number of anilines is 1. The number of carbonyl (C=O) groups excluding carboxylic acids is 2. The smallest absolute Gasteiger partial charge is 0.286 e. The third-order valence-corrected chi connectivity index (χ3v) is 5.81. The number of amides is 2. The van der Waals surface area contributed by atoms with Crippen LogP contribution in [0, 0.1) is 11.7 Å². The molecule has 2 fully saturated rings. The van der Waals surface area contributed by atoms with Gasteiger partial charge in [0.05, 0.1) is 0 Å². The number of rotatable bonds is 4. The second-order valence-electron chi connectivity index (χ2n) is 6.81. The number of hydrogen-bond donors (Lipinski definition) is 1. The molecule has 1 saturated carbocycles. The van der Waals surface area contributed by atoms with E-state index in [-0.39, 0.29) is 22.8 Å². The van der Waals surface area contributed by atoms with Crippen molar-refractivity contribution in [2.24, 2.45) is 5.92 Å². The Kier molecular flexibility index (Phi) is 4.67. The average Bonchev–Trinajstić information content (AvgIpc) is 3.37. The first kappa shape index (κ1) is 17.1. The molecule has 6 nitrogen and oxygen atoms in total. The molecular weight excluding hydrogens is 355 g/mol. The van der Waals surface area contributed by atoms with Crippen LogP contribution < -0.4 is 5.32 Å². The fourth-order valence-corrected chi connectivity index (χ4v) is 4.07. The minimum atomic E-state index is -0.414. The summed E-state index contributed by atoms with van der Waals surface area (Å²) >= 11 is 1.24. The Labute approximate surface area is 154 Å². The largest absolute Gasteiger partial charge is 0.342 e. The van der Waals surface area contributed by atoms with Crippen LogP contribution >= 0.6 is 11.3 Å². The van der Waals surface area contributed by atoms with E-state index in [9.17, 15) is 14.0 Å². The van der Waals surface area contributed by atoms with E-state index < -0.39 is 11.7 Å². The maximum Gasteiger partial charge on any atom is 0.286 e. The monoisotopic (exact) mass is 374 g/mol. The Morgan fingerprint density at radius 3 is 2.85 bits per heavy atom. The molecule has 1 atom stereocenters. The van der Waals surface area contributed by atoms with E-state index in [0.29, 0.717) is 12.2 Å². The molecule has 0 spiro atoms. The molecule has 136 valence electrons. The maximum atomic E-state index is 13.2. The number of halogens is 1. The summed E-state index contributed by atoms with van der Waals surface area (Å²) < 4.78 is 13.2. The molecule has 2 heterocycles. The summed E-state index contributed by atoms with van der Waals surface area (Å²) in [6.07, 6.45) is 3.88. The van der Waals surface area contributed by atoms with Gasteiger partial charge in [-0.1, -0.05) is 17.4 Å².